The average Bonchev–Trinajstić information content (AvgIpc) is 2.70. The van der Waals surface area contributed by atoms with Gasteiger partial charge in [0, 0.05) is 18.7 Å². The molecule has 3 rings (SSSR count). The maximum absolute atomic E-state index is 13.0. The predicted octanol–water partition coefficient (Wildman–Crippen LogP) is 4.39. The largest absolute Gasteiger partial charge is 0.322 e. The van der Waals surface area contributed by atoms with Gasteiger partial charge in [0.1, 0.15) is 0 Å². The van der Waals surface area contributed by atoms with E-state index in [9.17, 15) is 9.59 Å². The van der Waals surface area contributed by atoms with Gasteiger partial charge in [-0.05, 0) is 62.7 Å². The minimum Gasteiger partial charge on any atom is -0.321 e. The van der Waals surface area contributed by atoms with Crippen LogP contribution in [-0.2, 0) is 6.54 Å². The summed E-state index contributed by atoms with van der Waals surface area (Å²) in [6, 6.07) is 12.7. The molecule has 0 atom stereocenters. The van der Waals surface area contributed by atoms with Crippen LogP contribution in [-0.4, -0.2) is 48.0 Å². The Hall–Kier alpha value is -2.83. The minimum atomic E-state index is -0.301. The maximum atomic E-state index is 13.0. The van der Waals surface area contributed by atoms with Crippen LogP contribution in [0.3, 0.4) is 0 Å². The first kappa shape index (κ1) is 21.9. The van der Waals surface area contributed by atoms with Gasteiger partial charge in [-0.2, -0.15) is 0 Å². The van der Waals surface area contributed by atoms with E-state index in [1.807, 2.05) is 57.1 Å². The van der Waals surface area contributed by atoms with Crippen LogP contribution in [0.5, 0.6) is 0 Å². The molecule has 0 saturated carbocycles. The number of aromatic amines is 1. The molecule has 0 unspecified atom stereocenters. The van der Waals surface area contributed by atoms with Crippen LogP contribution in [0.2, 0.25) is 5.02 Å². The van der Waals surface area contributed by atoms with E-state index in [0.29, 0.717) is 29.4 Å². The molecule has 0 saturated heterocycles. The van der Waals surface area contributed by atoms with Crippen molar-refractivity contribution >= 4 is 34.2 Å². The summed E-state index contributed by atoms with van der Waals surface area (Å²) in [6.07, 6.45) is 0. The highest BCUT2D eigenvalue weighted by atomic mass is 35.5. The van der Waals surface area contributed by atoms with E-state index < -0.39 is 0 Å². The van der Waals surface area contributed by atoms with E-state index in [0.717, 1.165) is 22.0 Å². The standard InChI is InChI=1S/C23H27ClN4O2/c1-15-9-10-17-13-18(22(29)26-21(17)16(15)2)14-28(12-11-27(3)4)23(30)25-20-8-6-5-7-19(20)24/h5-10,13H,11-12,14H2,1-4H3,(H,25,30)(H,26,29). The number of halogens is 1. The summed E-state index contributed by atoms with van der Waals surface area (Å²) in [5, 5.41) is 4.27. The summed E-state index contributed by atoms with van der Waals surface area (Å²) in [5.41, 5.74) is 3.91. The van der Waals surface area contributed by atoms with Crippen molar-refractivity contribution < 1.29 is 4.79 Å². The fourth-order valence-corrected chi connectivity index (χ4v) is 3.41. The minimum absolute atomic E-state index is 0.184. The lowest BCUT2D eigenvalue weighted by Gasteiger charge is -2.25. The number of pyridine rings is 1. The number of hydrogen-bond donors (Lipinski definition) is 2. The fraction of sp³-hybridized carbons (Fsp3) is 0.304. The number of nitrogens with one attached hydrogen (secondary N) is 2. The van der Waals surface area contributed by atoms with Crippen LogP contribution in [0.4, 0.5) is 10.5 Å². The number of likely N-dealkylation sites (N-methyl/N-ethyl adjacent to an activating group) is 1. The number of benzene rings is 2. The smallest absolute Gasteiger partial charge is 0.321 e. The maximum Gasteiger partial charge on any atom is 0.322 e. The molecule has 0 aliphatic carbocycles. The number of para-hydroxylation sites is 1. The number of H-pyrrole nitrogens is 1. The number of rotatable bonds is 6. The Bertz CT molecular complexity index is 1120. The third-order valence-electron chi connectivity index (χ3n) is 5.21. The summed E-state index contributed by atoms with van der Waals surface area (Å²) in [6.45, 7) is 5.34. The third-order valence-corrected chi connectivity index (χ3v) is 5.54. The Morgan fingerprint density at radius 2 is 1.83 bits per heavy atom. The molecule has 0 radical (unpaired) electrons. The normalized spacial score (nSPS) is 11.1. The second kappa shape index (κ2) is 9.32. The molecular formula is C23H27ClN4O2. The van der Waals surface area contributed by atoms with Gasteiger partial charge in [-0.15, -0.1) is 0 Å². The van der Waals surface area contributed by atoms with E-state index in [1.54, 1.807) is 23.1 Å². The molecule has 2 amide bonds. The first-order valence-corrected chi connectivity index (χ1v) is 10.2. The second-order valence-corrected chi connectivity index (χ2v) is 8.14. The van der Waals surface area contributed by atoms with Gasteiger partial charge < -0.3 is 20.1 Å². The van der Waals surface area contributed by atoms with Crippen molar-refractivity contribution in [3.05, 3.63) is 74.5 Å². The molecule has 0 spiro atoms. The van der Waals surface area contributed by atoms with E-state index >= 15 is 0 Å². The zero-order valence-electron chi connectivity index (χ0n) is 17.8. The topological polar surface area (TPSA) is 68.4 Å². The molecule has 0 aliphatic heterocycles. The lowest BCUT2D eigenvalue weighted by Crippen LogP contribution is -2.40. The van der Waals surface area contributed by atoms with Crippen LogP contribution in [0, 0.1) is 13.8 Å². The van der Waals surface area contributed by atoms with Crippen molar-refractivity contribution in [3.8, 4) is 0 Å². The Balaban J connectivity index is 1.90. The van der Waals surface area contributed by atoms with Crippen molar-refractivity contribution in [1.29, 1.82) is 0 Å². The van der Waals surface area contributed by atoms with Crippen molar-refractivity contribution in [3.63, 3.8) is 0 Å². The van der Waals surface area contributed by atoms with Crippen LogP contribution in [0.15, 0.2) is 47.3 Å². The molecule has 3 aromatic rings. The average molecular weight is 427 g/mol. The first-order valence-electron chi connectivity index (χ1n) is 9.83. The second-order valence-electron chi connectivity index (χ2n) is 7.73. The molecule has 0 bridgehead atoms. The molecule has 2 N–H and O–H groups in total. The Kier molecular flexibility index (Phi) is 6.80. The number of hydrogen-bond acceptors (Lipinski definition) is 3. The molecule has 2 aromatic carbocycles. The summed E-state index contributed by atoms with van der Waals surface area (Å²) < 4.78 is 0. The van der Waals surface area contributed by atoms with E-state index in [4.69, 9.17) is 11.6 Å². The zero-order chi connectivity index (χ0) is 21.8. The molecule has 7 heteroatoms. The number of aryl methyl sites for hydroxylation is 2. The first-order chi connectivity index (χ1) is 14.3. The summed E-state index contributed by atoms with van der Waals surface area (Å²) in [5.74, 6) is 0. The van der Waals surface area contributed by atoms with E-state index in [2.05, 4.69) is 10.3 Å². The highest BCUT2D eigenvalue weighted by Crippen LogP contribution is 2.22. The number of amides is 2. The third kappa shape index (κ3) is 5.01. The van der Waals surface area contributed by atoms with Gasteiger partial charge in [0.25, 0.3) is 5.56 Å². The van der Waals surface area contributed by atoms with Gasteiger partial charge in [0.05, 0.1) is 22.8 Å². The number of anilines is 1. The molecule has 158 valence electrons. The van der Waals surface area contributed by atoms with Crippen LogP contribution in [0.25, 0.3) is 10.9 Å². The Morgan fingerprint density at radius 1 is 1.10 bits per heavy atom. The molecule has 30 heavy (non-hydrogen) atoms. The summed E-state index contributed by atoms with van der Waals surface area (Å²) >= 11 is 6.18. The number of carbonyl (C=O) groups is 1. The molecule has 6 nitrogen and oxygen atoms in total. The molecule has 0 fully saturated rings. The van der Waals surface area contributed by atoms with Crippen LogP contribution < -0.4 is 10.9 Å². The lowest BCUT2D eigenvalue weighted by atomic mass is 10.0. The number of carbonyl (C=O) groups excluding carboxylic acids is 1. The van der Waals surface area contributed by atoms with Gasteiger partial charge in [-0.1, -0.05) is 35.9 Å². The van der Waals surface area contributed by atoms with Gasteiger partial charge in [0.15, 0.2) is 0 Å². The van der Waals surface area contributed by atoms with Gasteiger partial charge in [0.2, 0.25) is 0 Å². The van der Waals surface area contributed by atoms with Crippen molar-refractivity contribution in [2.45, 2.75) is 20.4 Å². The summed E-state index contributed by atoms with van der Waals surface area (Å²) in [7, 11) is 3.89. The zero-order valence-corrected chi connectivity index (χ0v) is 18.5. The summed E-state index contributed by atoms with van der Waals surface area (Å²) in [4.78, 5) is 32.3. The monoisotopic (exact) mass is 426 g/mol. The highest BCUT2D eigenvalue weighted by molar-refractivity contribution is 6.33. The molecular weight excluding hydrogens is 400 g/mol. The SMILES string of the molecule is Cc1ccc2cc(CN(CCN(C)C)C(=O)Nc3ccccc3Cl)c(=O)[nH]c2c1C. The van der Waals surface area contributed by atoms with E-state index in [-0.39, 0.29) is 18.1 Å². The quantitative estimate of drug-likeness (QED) is 0.614. The Labute approximate surface area is 181 Å². The van der Waals surface area contributed by atoms with Crippen molar-refractivity contribution in [2.75, 3.05) is 32.5 Å². The molecule has 1 aromatic heterocycles. The van der Waals surface area contributed by atoms with Crippen molar-refractivity contribution in [1.82, 2.24) is 14.8 Å². The van der Waals surface area contributed by atoms with Gasteiger partial charge in [-0.25, -0.2) is 4.79 Å². The predicted molar refractivity (Wildman–Crippen MR) is 123 cm³/mol. The lowest BCUT2D eigenvalue weighted by molar-refractivity contribution is 0.202. The number of fused-ring (bicyclic) bond motifs is 1. The van der Waals surface area contributed by atoms with Crippen LogP contribution in [0.1, 0.15) is 16.7 Å². The van der Waals surface area contributed by atoms with Gasteiger partial charge in [-0.3, -0.25) is 4.79 Å². The Morgan fingerprint density at radius 3 is 2.53 bits per heavy atom. The fourth-order valence-electron chi connectivity index (χ4n) is 3.22. The number of urea groups is 1. The van der Waals surface area contributed by atoms with Gasteiger partial charge >= 0.3 is 6.03 Å². The molecule has 0 aliphatic rings. The van der Waals surface area contributed by atoms with Crippen molar-refractivity contribution in [2.24, 2.45) is 0 Å². The number of nitrogens with zero attached hydrogens (tertiary/aromatic N) is 2. The highest BCUT2D eigenvalue weighted by Gasteiger charge is 2.18. The van der Waals surface area contributed by atoms with E-state index in [1.165, 1.54) is 0 Å². The molecule has 1 heterocycles. The van der Waals surface area contributed by atoms with Crippen LogP contribution >= 0.6 is 11.6 Å². The number of aromatic nitrogens is 1.